The van der Waals surface area contributed by atoms with Crippen LogP contribution in [0.1, 0.15) is 23.3 Å². The number of imidazole rings is 1. The number of carbonyl (C=O) groups is 2. The van der Waals surface area contributed by atoms with Crippen LogP contribution < -0.4 is 10.6 Å². The Balaban J connectivity index is 1.47. The van der Waals surface area contributed by atoms with Crippen molar-refractivity contribution in [3.8, 4) is 0 Å². The number of furan rings is 1. The molecule has 0 unspecified atom stereocenters. The summed E-state index contributed by atoms with van der Waals surface area (Å²) in [5.41, 5.74) is 2.96. The van der Waals surface area contributed by atoms with Crippen LogP contribution in [0.2, 0.25) is 0 Å². The summed E-state index contributed by atoms with van der Waals surface area (Å²) in [5, 5.41) is 5.63. The standard InChI is InChI=1S/C22H20N4O3/c1-2-20-25-17-9-3-4-10-18(17)26(20)14-21(27)23-15-7-5-8-16(13-15)24-22(28)19-11-6-12-29-19/h3-13H,2,14H2,1H3,(H,23,27)(H,24,28). The normalized spacial score (nSPS) is 10.8. The molecule has 29 heavy (non-hydrogen) atoms. The van der Waals surface area contributed by atoms with E-state index in [4.69, 9.17) is 4.42 Å². The first-order valence-electron chi connectivity index (χ1n) is 9.33. The van der Waals surface area contributed by atoms with Crippen molar-refractivity contribution in [3.63, 3.8) is 0 Å². The van der Waals surface area contributed by atoms with Crippen molar-refractivity contribution in [1.29, 1.82) is 0 Å². The number of aromatic nitrogens is 2. The summed E-state index contributed by atoms with van der Waals surface area (Å²) in [6, 6.07) is 18.0. The van der Waals surface area contributed by atoms with Gasteiger partial charge in [0.1, 0.15) is 12.4 Å². The maximum absolute atomic E-state index is 12.6. The van der Waals surface area contributed by atoms with E-state index >= 15 is 0 Å². The minimum absolute atomic E-state index is 0.159. The number of benzene rings is 2. The lowest BCUT2D eigenvalue weighted by Crippen LogP contribution is -2.20. The van der Waals surface area contributed by atoms with Crippen molar-refractivity contribution in [2.75, 3.05) is 10.6 Å². The van der Waals surface area contributed by atoms with E-state index in [-0.39, 0.29) is 24.1 Å². The summed E-state index contributed by atoms with van der Waals surface area (Å²) in [4.78, 5) is 29.4. The first-order valence-corrected chi connectivity index (χ1v) is 9.33. The number of fused-ring (bicyclic) bond motifs is 1. The van der Waals surface area contributed by atoms with E-state index in [1.165, 1.54) is 6.26 Å². The van der Waals surface area contributed by atoms with Gasteiger partial charge < -0.3 is 19.6 Å². The Morgan fingerprint density at radius 2 is 1.79 bits per heavy atom. The van der Waals surface area contributed by atoms with Crippen LogP contribution >= 0.6 is 0 Å². The Kier molecular flexibility index (Phi) is 5.11. The highest BCUT2D eigenvalue weighted by molar-refractivity contribution is 6.02. The summed E-state index contributed by atoms with van der Waals surface area (Å²) in [6.45, 7) is 2.17. The molecule has 7 heteroatoms. The monoisotopic (exact) mass is 388 g/mol. The molecule has 2 aromatic carbocycles. The summed E-state index contributed by atoms with van der Waals surface area (Å²) in [5.74, 6) is 0.563. The molecule has 0 aliphatic rings. The molecule has 2 amide bonds. The zero-order chi connectivity index (χ0) is 20.2. The van der Waals surface area contributed by atoms with Gasteiger partial charge in [0.05, 0.1) is 17.3 Å². The topological polar surface area (TPSA) is 89.2 Å². The lowest BCUT2D eigenvalue weighted by atomic mass is 10.2. The van der Waals surface area contributed by atoms with E-state index in [0.29, 0.717) is 11.4 Å². The Bertz CT molecular complexity index is 1160. The molecule has 0 spiro atoms. The highest BCUT2D eigenvalue weighted by Gasteiger charge is 2.13. The van der Waals surface area contributed by atoms with E-state index in [0.717, 1.165) is 23.3 Å². The van der Waals surface area contributed by atoms with Gasteiger partial charge in [0.15, 0.2) is 5.76 Å². The largest absolute Gasteiger partial charge is 0.459 e. The second-order valence-corrected chi connectivity index (χ2v) is 6.52. The van der Waals surface area contributed by atoms with Gasteiger partial charge in [0.25, 0.3) is 5.91 Å². The van der Waals surface area contributed by atoms with Crippen molar-refractivity contribution in [2.24, 2.45) is 0 Å². The summed E-state index contributed by atoms with van der Waals surface area (Å²) in [7, 11) is 0. The number of para-hydroxylation sites is 2. The summed E-state index contributed by atoms with van der Waals surface area (Å²) < 4.78 is 7.01. The second-order valence-electron chi connectivity index (χ2n) is 6.52. The van der Waals surface area contributed by atoms with Gasteiger partial charge in [-0.2, -0.15) is 0 Å². The van der Waals surface area contributed by atoms with Gasteiger partial charge in [-0.3, -0.25) is 9.59 Å². The fraction of sp³-hybridized carbons (Fsp3) is 0.136. The van der Waals surface area contributed by atoms with Crippen LogP contribution in [0.5, 0.6) is 0 Å². The fourth-order valence-corrected chi connectivity index (χ4v) is 3.19. The molecule has 0 bridgehead atoms. The summed E-state index contributed by atoms with van der Waals surface area (Å²) in [6.07, 6.45) is 2.17. The van der Waals surface area contributed by atoms with Crippen LogP contribution in [0.4, 0.5) is 11.4 Å². The number of carbonyl (C=O) groups excluding carboxylic acids is 2. The predicted octanol–water partition coefficient (Wildman–Crippen LogP) is 4.08. The molecule has 0 saturated heterocycles. The highest BCUT2D eigenvalue weighted by atomic mass is 16.3. The Morgan fingerprint density at radius 3 is 2.55 bits per heavy atom. The molecule has 0 atom stereocenters. The third kappa shape index (κ3) is 4.03. The maximum Gasteiger partial charge on any atom is 0.291 e. The van der Waals surface area contributed by atoms with E-state index in [9.17, 15) is 9.59 Å². The van der Waals surface area contributed by atoms with Gasteiger partial charge in [-0.05, 0) is 42.5 Å². The molecule has 0 aliphatic carbocycles. The van der Waals surface area contributed by atoms with Crippen LogP contribution in [0.15, 0.2) is 71.3 Å². The van der Waals surface area contributed by atoms with Crippen molar-refractivity contribution >= 4 is 34.2 Å². The number of rotatable bonds is 6. The zero-order valence-electron chi connectivity index (χ0n) is 15.9. The van der Waals surface area contributed by atoms with Crippen LogP contribution in [-0.4, -0.2) is 21.4 Å². The van der Waals surface area contributed by atoms with Gasteiger partial charge in [0.2, 0.25) is 5.91 Å². The quantitative estimate of drug-likeness (QED) is 0.521. The van der Waals surface area contributed by atoms with Gasteiger partial charge in [-0.1, -0.05) is 25.1 Å². The van der Waals surface area contributed by atoms with E-state index in [1.807, 2.05) is 35.8 Å². The molecule has 2 heterocycles. The maximum atomic E-state index is 12.6. The molecule has 2 aromatic heterocycles. The zero-order valence-corrected chi connectivity index (χ0v) is 15.9. The molecule has 0 aliphatic heterocycles. The molecule has 0 saturated carbocycles. The predicted molar refractivity (Wildman–Crippen MR) is 111 cm³/mol. The molecule has 0 radical (unpaired) electrons. The van der Waals surface area contributed by atoms with Crippen LogP contribution in [0.25, 0.3) is 11.0 Å². The molecular weight excluding hydrogens is 368 g/mol. The summed E-state index contributed by atoms with van der Waals surface area (Å²) >= 11 is 0. The van der Waals surface area contributed by atoms with Gasteiger partial charge in [0, 0.05) is 17.8 Å². The molecule has 4 aromatic rings. The average molecular weight is 388 g/mol. The Morgan fingerprint density at radius 1 is 1.00 bits per heavy atom. The third-order valence-corrected chi connectivity index (χ3v) is 4.50. The van der Waals surface area contributed by atoms with E-state index < -0.39 is 0 Å². The molecule has 0 fully saturated rings. The van der Waals surface area contributed by atoms with Gasteiger partial charge >= 0.3 is 0 Å². The SMILES string of the molecule is CCc1nc2ccccc2n1CC(=O)Nc1cccc(NC(=O)c2ccco2)c1. The Hall–Kier alpha value is -3.87. The first-order chi connectivity index (χ1) is 14.1. The van der Waals surface area contributed by atoms with Crippen molar-refractivity contribution in [2.45, 2.75) is 19.9 Å². The van der Waals surface area contributed by atoms with Crippen molar-refractivity contribution in [3.05, 3.63) is 78.5 Å². The van der Waals surface area contributed by atoms with Crippen molar-refractivity contribution in [1.82, 2.24) is 9.55 Å². The lowest BCUT2D eigenvalue weighted by molar-refractivity contribution is -0.116. The first kappa shape index (κ1) is 18.5. The highest BCUT2D eigenvalue weighted by Crippen LogP contribution is 2.19. The number of nitrogens with zero attached hydrogens (tertiary/aromatic N) is 2. The fourth-order valence-electron chi connectivity index (χ4n) is 3.19. The average Bonchev–Trinajstić information content (AvgIpc) is 3.37. The third-order valence-electron chi connectivity index (χ3n) is 4.50. The van der Waals surface area contributed by atoms with Crippen LogP contribution in [0, 0.1) is 0 Å². The van der Waals surface area contributed by atoms with Gasteiger partial charge in [-0.25, -0.2) is 4.98 Å². The number of anilines is 2. The minimum atomic E-state index is -0.351. The molecule has 146 valence electrons. The van der Waals surface area contributed by atoms with E-state index in [1.54, 1.807) is 36.4 Å². The molecular formula is C22H20N4O3. The number of hydrogen-bond acceptors (Lipinski definition) is 4. The molecule has 2 N–H and O–H groups in total. The lowest BCUT2D eigenvalue weighted by Gasteiger charge is -2.10. The number of nitrogens with one attached hydrogen (secondary N) is 2. The van der Waals surface area contributed by atoms with Gasteiger partial charge in [-0.15, -0.1) is 0 Å². The van der Waals surface area contributed by atoms with Crippen molar-refractivity contribution < 1.29 is 14.0 Å². The number of hydrogen-bond donors (Lipinski definition) is 2. The number of amides is 2. The Labute approximate surface area is 167 Å². The smallest absolute Gasteiger partial charge is 0.291 e. The molecule has 4 rings (SSSR count). The molecule has 7 nitrogen and oxygen atoms in total. The number of aryl methyl sites for hydroxylation is 1. The van der Waals surface area contributed by atoms with Crippen LogP contribution in [0.3, 0.4) is 0 Å². The minimum Gasteiger partial charge on any atom is -0.459 e. The van der Waals surface area contributed by atoms with Crippen LogP contribution in [-0.2, 0) is 17.8 Å². The second kappa shape index (κ2) is 8.02. The van der Waals surface area contributed by atoms with E-state index in [2.05, 4.69) is 15.6 Å².